The van der Waals surface area contributed by atoms with Crippen LogP contribution in [-0.2, 0) is 21.4 Å². The quantitative estimate of drug-likeness (QED) is 0.669. The molecule has 27 heavy (non-hydrogen) atoms. The molecule has 0 fully saturated rings. The molecule has 0 unspecified atom stereocenters. The molecule has 3 aromatic rings. The van der Waals surface area contributed by atoms with Crippen molar-refractivity contribution in [3.8, 4) is 0 Å². The molecule has 0 saturated heterocycles. The van der Waals surface area contributed by atoms with Gasteiger partial charge in [0.25, 0.3) is 0 Å². The average molecular weight is 389 g/mol. The van der Waals surface area contributed by atoms with Crippen LogP contribution in [0.15, 0.2) is 62.6 Å². The summed E-state index contributed by atoms with van der Waals surface area (Å²) in [5, 5.41) is 2.64. The molecule has 0 radical (unpaired) electrons. The van der Waals surface area contributed by atoms with Crippen molar-refractivity contribution in [3.05, 3.63) is 59.1 Å². The lowest BCUT2D eigenvalue weighted by Crippen LogP contribution is -2.30. The van der Waals surface area contributed by atoms with E-state index in [2.05, 4.69) is 10.0 Å². The van der Waals surface area contributed by atoms with E-state index in [0.29, 0.717) is 16.8 Å². The van der Waals surface area contributed by atoms with E-state index in [1.54, 1.807) is 38.1 Å². The highest BCUT2D eigenvalue weighted by atomic mass is 32.2. The summed E-state index contributed by atoms with van der Waals surface area (Å²) in [5.74, 6) is -1.05. The van der Waals surface area contributed by atoms with Gasteiger partial charge >= 0.3 is 5.76 Å². The number of oxazole rings is 1. The predicted octanol–water partition coefficient (Wildman–Crippen LogP) is 1.92. The first-order valence-electron chi connectivity index (χ1n) is 8.27. The molecule has 0 atom stereocenters. The Bertz CT molecular complexity index is 1130. The molecule has 3 rings (SSSR count). The van der Waals surface area contributed by atoms with Crippen molar-refractivity contribution >= 4 is 32.7 Å². The summed E-state index contributed by atoms with van der Waals surface area (Å²) in [6.45, 7) is 3.24. The predicted molar refractivity (Wildman–Crippen MR) is 101 cm³/mol. The summed E-state index contributed by atoms with van der Waals surface area (Å²) in [6.07, 6.45) is 0. The minimum atomic E-state index is -3.60. The molecular formula is C18H19N3O5S. The largest absolute Gasteiger partial charge is 0.420 e. The fraction of sp³-hybridized carbons (Fsp3) is 0.222. The van der Waals surface area contributed by atoms with Crippen molar-refractivity contribution in [2.75, 3.05) is 5.32 Å². The van der Waals surface area contributed by atoms with E-state index in [1.165, 1.54) is 28.8 Å². The summed E-state index contributed by atoms with van der Waals surface area (Å²) < 4.78 is 33.0. The van der Waals surface area contributed by atoms with Crippen molar-refractivity contribution in [3.63, 3.8) is 0 Å². The Morgan fingerprint density at radius 2 is 1.78 bits per heavy atom. The second-order valence-electron chi connectivity index (χ2n) is 6.27. The molecule has 0 aliphatic rings. The first kappa shape index (κ1) is 18.9. The third-order valence-corrected chi connectivity index (χ3v) is 5.39. The first-order valence-corrected chi connectivity index (χ1v) is 9.75. The molecule has 0 spiro atoms. The number of amides is 1. The maximum Gasteiger partial charge on any atom is 0.420 e. The lowest BCUT2D eigenvalue weighted by atomic mass is 10.3. The van der Waals surface area contributed by atoms with Crippen LogP contribution >= 0.6 is 0 Å². The SMILES string of the molecule is CC(C)NS(=O)(=O)c1ccc(NC(=O)Cn2c(=O)oc3ccccc32)cc1. The van der Waals surface area contributed by atoms with Gasteiger partial charge in [-0.3, -0.25) is 9.36 Å². The van der Waals surface area contributed by atoms with Gasteiger partial charge in [0, 0.05) is 11.7 Å². The van der Waals surface area contributed by atoms with Gasteiger partial charge in [0.1, 0.15) is 6.54 Å². The number of nitrogens with zero attached hydrogens (tertiary/aromatic N) is 1. The van der Waals surface area contributed by atoms with Crippen molar-refractivity contribution < 1.29 is 17.6 Å². The minimum absolute atomic E-state index is 0.103. The van der Waals surface area contributed by atoms with Crippen LogP contribution in [0.1, 0.15) is 13.8 Å². The fourth-order valence-electron chi connectivity index (χ4n) is 2.60. The highest BCUT2D eigenvalue weighted by molar-refractivity contribution is 7.89. The Morgan fingerprint density at radius 3 is 2.44 bits per heavy atom. The molecule has 9 heteroatoms. The maximum atomic E-state index is 12.3. The zero-order valence-corrected chi connectivity index (χ0v) is 15.6. The summed E-state index contributed by atoms with van der Waals surface area (Å²) in [6, 6.07) is 12.4. The number of carbonyl (C=O) groups is 1. The van der Waals surface area contributed by atoms with Gasteiger partial charge in [0.2, 0.25) is 15.9 Å². The van der Waals surface area contributed by atoms with Crippen LogP contribution in [-0.4, -0.2) is 24.9 Å². The Kier molecular flexibility index (Phi) is 5.15. The Balaban J connectivity index is 1.73. The Morgan fingerprint density at radius 1 is 1.11 bits per heavy atom. The van der Waals surface area contributed by atoms with Crippen LogP contribution in [0.25, 0.3) is 11.1 Å². The number of hydrogen-bond acceptors (Lipinski definition) is 5. The molecule has 2 N–H and O–H groups in total. The number of hydrogen-bond donors (Lipinski definition) is 2. The highest BCUT2D eigenvalue weighted by Gasteiger charge is 2.16. The van der Waals surface area contributed by atoms with E-state index in [0.717, 1.165) is 0 Å². The molecule has 0 saturated carbocycles. The van der Waals surface area contributed by atoms with Gasteiger partial charge in [0.15, 0.2) is 5.58 Å². The highest BCUT2D eigenvalue weighted by Crippen LogP contribution is 2.15. The van der Waals surface area contributed by atoms with Crippen molar-refractivity contribution in [2.45, 2.75) is 31.3 Å². The Hall–Kier alpha value is -2.91. The molecular weight excluding hydrogens is 370 g/mol. The van der Waals surface area contributed by atoms with Gasteiger partial charge in [0.05, 0.1) is 10.4 Å². The molecule has 0 aliphatic carbocycles. The number of nitrogens with one attached hydrogen (secondary N) is 2. The summed E-state index contributed by atoms with van der Waals surface area (Å²) in [5.41, 5.74) is 1.35. The minimum Gasteiger partial charge on any atom is -0.408 e. The molecule has 1 heterocycles. The lowest BCUT2D eigenvalue weighted by Gasteiger charge is -2.10. The van der Waals surface area contributed by atoms with E-state index in [1.807, 2.05) is 0 Å². The van der Waals surface area contributed by atoms with Crippen LogP contribution in [0.2, 0.25) is 0 Å². The number of anilines is 1. The van der Waals surface area contributed by atoms with Gasteiger partial charge in [-0.15, -0.1) is 0 Å². The molecule has 1 aromatic heterocycles. The van der Waals surface area contributed by atoms with Gasteiger partial charge < -0.3 is 9.73 Å². The molecule has 0 aliphatic heterocycles. The summed E-state index contributed by atoms with van der Waals surface area (Å²) >= 11 is 0. The molecule has 8 nitrogen and oxygen atoms in total. The number of aromatic nitrogens is 1. The van der Waals surface area contributed by atoms with E-state index < -0.39 is 21.7 Å². The van der Waals surface area contributed by atoms with E-state index >= 15 is 0 Å². The van der Waals surface area contributed by atoms with E-state index in [4.69, 9.17) is 4.42 Å². The third-order valence-electron chi connectivity index (χ3n) is 3.71. The van der Waals surface area contributed by atoms with Gasteiger partial charge in [-0.25, -0.2) is 17.9 Å². The van der Waals surface area contributed by atoms with Gasteiger partial charge in [-0.2, -0.15) is 0 Å². The zero-order valence-electron chi connectivity index (χ0n) is 14.8. The van der Waals surface area contributed by atoms with Gasteiger partial charge in [-0.1, -0.05) is 12.1 Å². The monoisotopic (exact) mass is 389 g/mol. The lowest BCUT2D eigenvalue weighted by molar-refractivity contribution is -0.116. The van der Waals surface area contributed by atoms with Crippen molar-refractivity contribution in [1.82, 2.24) is 9.29 Å². The summed E-state index contributed by atoms with van der Waals surface area (Å²) in [4.78, 5) is 24.3. The molecule has 142 valence electrons. The third kappa shape index (κ3) is 4.26. The van der Waals surface area contributed by atoms with Gasteiger partial charge in [-0.05, 0) is 50.2 Å². The van der Waals surface area contributed by atoms with Crippen LogP contribution in [0, 0.1) is 0 Å². The van der Waals surface area contributed by atoms with Crippen LogP contribution in [0.4, 0.5) is 5.69 Å². The second-order valence-corrected chi connectivity index (χ2v) is 7.98. The fourth-order valence-corrected chi connectivity index (χ4v) is 3.85. The number of benzene rings is 2. The normalized spacial score (nSPS) is 11.8. The second kappa shape index (κ2) is 7.37. The Labute approximate surface area is 155 Å². The van der Waals surface area contributed by atoms with E-state index in [9.17, 15) is 18.0 Å². The number of para-hydroxylation sites is 2. The molecule has 0 bridgehead atoms. The standard InChI is InChI=1S/C18H19N3O5S/c1-12(2)20-27(24,25)14-9-7-13(8-10-14)19-17(22)11-21-15-5-3-4-6-16(15)26-18(21)23/h3-10,12,20H,11H2,1-2H3,(H,19,22). The van der Waals surface area contributed by atoms with Crippen LogP contribution in [0.3, 0.4) is 0 Å². The number of sulfonamides is 1. The van der Waals surface area contributed by atoms with Crippen molar-refractivity contribution in [1.29, 1.82) is 0 Å². The topological polar surface area (TPSA) is 110 Å². The number of rotatable bonds is 6. The van der Waals surface area contributed by atoms with Crippen molar-refractivity contribution in [2.24, 2.45) is 0 Å². The average Bonchev–Trinajstić information content (AvgIpc) is 2.90. The van der Waals surface area contributed by atoms with Crippen LogP contribution in [0.5, 0.6) is 0 Å². The smallest absolute Gasteiger partial charge is 0.408 e. The molecule has 1 amide bonds. The summed E-state index contributed by atoms with van der Waals surface area (Å²) in [7, 11) is -3.60. The molecule has 2 aromatic carbocycles. The first-order chi connectivity index (χ1) is 12.8. The van der Waals surface area contributed by atoms with Crippen LogP contribution < -0.4 is 15.8 Å². The zero-order chi connectivity index (χ0) is 19.6. The maximum absolute atomic E-state index is 12.3. The number of fused-ring (bicyclic) bond motifs is 1. The number of carbonyl (C=O) groups excluding carboxylic acids is 1. The van der Waals surface area contributed by atoms with E-state index in [-0.39, 0.29) is 17.5 Å².